The molecule has 1 aromatic rings. The summed E-state index contributed by atoms with van der Waals surface area (Å²) in [5.74, 6) is 1.29. The van der Waals surface area contributed by atoms with Crippen LogP contribution in [0, 0.1) is 11.3 Å². The molecule has 0 bridgehead atoms. The lowest BCUT2D eigenvalue weighted by Gasteiger charge is -2.10. The van der Waals surface area contributed by atoms with Crippen LogP contribution in [0.5, 0.6) is 0 Å². The molecule has 4 heteroatoms. The zero-order chi connectivity index (χ0) is 13.3. The summed E-state index contributed by atoms with van der Waals surface area (Å²) in [6.45, 7) is 1.44. The number of nitrogens with two attached hydrogens (primary N) is 1. The van der Waals surface area contributed by atoms with Crippen molar-refractivity contribution in [3.05, 3.63) is 29.8 Å². The highest BCUT2D eigenvalue weighted by Crippen LogP contribution is 2.70. The van der Waals surface area contributed by atoms with Gasteiger partial charge in [0.15, 0.2) is 5.96 Å². The first-order valence-electron chi connectivity index (χ1n) is 6.87. The van der Waals surface area contributed by atoms with Crippen LogP contribution in [0.2, 0.25) is 0 Å². The normalized spacial score (nSPS) is 23.4. The molecule has 0 aliphatic heterocycles. The Hall–Kier alpha value is -1.55. The van der Waals surface area contributed by atoms with Crippen molar-refractivity contribution in [2.24, 2.45) is 22.1 Å². The SMILES string of the molecule is COCc1ccccc1NC(N)=NCC1CC12CC2. The average molecular weight is 259 g/mol. The molecule has 1 aromatic carbocycles. The van der Waals surface area contributed by atoms with Crippen LogP contribution in [0.25, 0.3) is 0 Å². The number of benzene rings is 1. The highest BCUT2D eigenvalue weighted by atomic mass is 16.5. The summed E-state index contributed by atoms with van der Waals surface area (Å²) < 4.78 is 5.17. The molecule has 4 nitrogen and oxygen atoms in total. The Morgan fingerprint density at radius 2 is 2.26 bits per heavy atom. The Kier molecular flexibility index (Phi) is 3.19. The molecule has 0 heterocycles. The van der Waals surface area contributed by atoms with E-state index in [1.807, 2.05) is 24.3 Å². The summed E-state index contributed by atoms with van der Waals surface area (Å²) in [6, 6.07) is 8.00. The first kappa shape index (κ1) is 12.5. The lowest BCUT2D eigenvalue weighted by molar-refractivity contribution is 0.185. The van der Waals surface area contributed by atoms with Crippen LogP contribution in [-0.2, 0) is 11.3 Å². The third-order valence-electron chi connectivity index (χ3n) is 4.31. The van der Waals surface area contributed by atoms with Crippen LogP contribution in [0.4, 0.5) is 5.69 Å². The van der Waals surface area contributed by atoms with Crippen LogP contribution < -0.4 is 11.1 Å². The van der Waals surface area contributed by atoms with Gasteiger partial charge in [-0.2, -0.15) is 0 Å². The van der Waals surface area contributed by atoms with Gasteiger partial charge in [-0.15, -0.1) is 0 Å². The van der Waals surface area contributed by atoms with E-state index in [4.69, 9.17) is 10.5 Å². The standard InChI is InChI=1S/C15H21N3O/c1-19-10-11-4-2-3-5-13(11)18-14(16)17-9-12-8-15(12)6-7-15/h2-5,12H,6-10H2,1H3,(H3,16,17,18). The summed E-state index contributed by atoms with van der Waals surface area (Å²) in [5.41, 5.74) is 8.71. The summed E-state index contributed by atoms with van der Waals surface area (Å²) in [4.78, 5) is 4.46. The number of hydrogen-bond acceptors (Lipinski definition) is 2. The maximum Gasteiger partial charge on any atom is 0.193 e. The number of rotatable bonds is 5. The third-order valence-corrected chi connectivity index (χ3v) is 4.31. The summed E-state index contributed by atoms with van der Waals surface area (Å²) in [6.07, 6.45) is 4.15. The minimum Gasteiger partial charge on any atom is -0.380 e. The molecular formula is C15H21N3O. The fourth-order valence-corrected chi connectivity index (χ4v) is 2.77. The molecule has 1 atom stereocenters. The second kappa shape index (κ2) is 4.85. The number of ether oxygens (including phenoxy) is 1. The van der Waals surface area contributed by atoms with Crippen molar-refractivity contribution < 1.29 is 4.74 Å². The van der Waals surface area contributed by atoms with E-state index < -0.39 is 0 Å². The number of guanidine groups is 1. The van der Waals surface area contributed by atoms with Gasteiger partial charge in [0, 0.05) is 24.9 Å². The molecular weight excluding hydrogens is 238 g/mol. The Morgan fingerprint density at radius 1 is 1.47 bits per heavy atom. The number of para-hydroxylation sites is 1. The third kappa shape index (κ3) is 2.73. The molecule has 1 spiro atoms. The second-order valence-electron chi connectivity index (χ2n) is 5.70. The van der Waals surface area contributed by atoms with E-state index in [-0.39, 0.29) is 0 Å². The highest BCUT2D eigenvalue weighted by molar-refractivity contribution is 5.93. The molecule has 2 saturated carbocycles. The molecule has 1 unspecified atom stereocenters. The van der Waals surface area contributed by atoms with Crippen LogP contribution >= 0.6 is 0 Å². The van der Waals surface area contributed by atoms with Gasteiger partial charge in [-0.1, -0.05) is 18.2 Å². The Balaban J connectivity index is 1.58. The molecule has 0 aromatic heterocycles. The summed E-state index contributed by atoms with van der Waals surface area (Å²) in [5, 5.41) is 3.17. The lowest BCUT2D eigenvalue weighted by atomic mass is 10.2. The average Bonchev–Trinajstić information content (AvgIpc) is 3.31. The number of nitrogens with zero attached hydrogens (tertiary/aromatic N) is 1. The zero-order valence-corrected chi connectivity index (χ0v) is 11.4. The monoisotopic (exact) mass is 259 g/mol. The van der Waals surface area contributed by atoms with Gasteiger partial charge in [-0.25, -0.2) is 0 Å². The van der Waals surface area contributed by atoms with Crippen molar-refractivity contribution in [1.82, 2.24) is 0 Å². The summed E-state index contributed by atoms with van der Waals surface area (Å²) >= 11 is 0. The van der Waals surface area contributed by atoms with Crippen LogP contribution in [-0.4, -0.2) is 19.6 Å². The van der Waals surface area contributed by atoms with Gasteiger partial charge in [-0.05, 0) is 36.7 Å². The van der Waals surface area contributed by atoms with Gasteiger partial charge in [0.2, 0.25) is 0 Å². The smallest absolute Gasteiger partial charge is 0.193 e. The molecule has 0 amide bonds. The Labute approximate surface area is 114 Å². The van der Waals surface area contributed by atoms with Crippen molar-refractivity contribution in [3.63, 3.8) is 0 Å². The van der Waals surface area contributed by atoms with E-state index in [2.05, 4.69) is 10.3 Å². The van der Waals surface area contributed by atoms with E-state index in [0.717, 1.165) is 23.7 Å². The number of anilines is 1. The molecule has 0 radical (unpaired) electrons. The summed E-state index contributed by atoms with van der Waals surface area (Å²) in [7, 11) is 1.69. The van der Waals surface area contributed by atoms with Gasteiger partial charge in [0.1, 0.15) is 0 Å². The topological polar surface area (TPSA) is 59.6 Å². The molecule has 102 valence electrons. The van der Waals surface area contributed by atoms with E-state index in [1.165, 1.54) is 19.3 Å². The fraction of sp³-hybridized carbons (Fsp3) is 0.533. The molecule has 2 fully saturated rings. The first-order valence-corrected chi connectivity index (χ1v) is 6.87. The Morgan fingerprint density at radius 3 is 2.95 bits per heavy atom. The van der Waals surface area contributed by atoms with Gasteiger partial charge in [0.25, 0.3) is 0 Å². The molecule has 0 saturated heterocycles. The predicted molar refractivity (Wildman–Crippen MR) is 77.0 cm³/mol. The minimum absolute atomic E-state index is 0.506. The van der Waals surface area contributed by atoms with Crippen molar-refractivity contribution in [3.8, 4) is 0 Å². The van der Waals surface area contributed by atoms with Crippen LogP contribution in [0.1, 0.15) is 24.8 Å². The maximum absolute atomic E-state index is 5.95. The molecule has 3 N–H and O–H groups in total. The van der Waals surface area contributed by atoms with Gasteiger partial charge in [-0.3, -0.25) is 4.99 Å². The highest BCUT2D eigenvalue weighted by Gasteiger charge is 2.62. The fourth-order valence-electron chi connectivity index (χ4n) is 2.77. The van der Waals surface area contributed by atoms with Crippen LogP contribution in [0.3, 0.4) is 0 Å². The van der Waals surface area contributed by atoms with Crippen LogP contribution in [0.15, 0.2) is 29.3 Å². The largest absolute Gasteiger partial charge is 0.380 e. The predicted octanol–water partition coefficient (Wildman–Crippen LogP) is 2.36. The number of methoxy groups -OCH3 is 1. The van der Waals surface area contributed by atoms with Gasteiger partial charge in [0.05, 0.1) is 6.61 Å². The Bertz CT molecular complexity index is 494. The van der Waals surface area contributed by atoms with E-state index in [9.17, 15) is 0 Å². The molecule has 19 heavy (non-hydrogen) atoms. The molecule has 2 aliphatic rings. The zero-order valence-electron chi connectivity index (χ0n) is 11.4. The quantitative estimate of drug-likeness (QED) is 0.630. The van der Waals surface area contributed by atoms with Crippen molar-refractivity contribution >= 4 is 11.6 Å². The van der Waals surface area contributed by atoms with E-state index in [1.54, 1.807) is 7.11 Å². The number of hydrogen-bond donors (Lipinski definition) is 2. The number of aliphatic imine (C=N–C) groups is 1. The first-order chi connectivity index (χ1) is 9.23. The minimum atomic E-state index is 0.506. The second-order valence-corrected chi connectivity index (χ2v) is 5.70. The van der Waals surface area contributed by atoms with Crippen molar-refractivity contribution in [1.29, 1.82) is 0 Å². The van der Waals surface area contributed by atoms with E-state index >= 15 is 0 Å². The maximum atomic E-state index is 5.95. The van der Waals surface area contributed by atoms with Crippen molar-refractivity contribution in [2.75, 3.05) is 19.0 Å². The lowest BCUT2D eigenvalue weighted by Crippen LogP contribution is -2.24. The molecule has 3 rings (SSSR count). The van der Waals surface area contributed by atoms with Gasteiger partial charge < -0.3 is 15.8 Å². The number of nitrogens with one attached hydrogen (secondary N) is 1. The van der Waals surface area contributed by atoms with Crippen molar-refractivity contribution in [2.45, 2.75) is 25.9 Å². The van der Waals surface area contributed by atoms with E-state index in [0.29, 0.717) is 18.0 Å². The molecule has 2 aliphatic carbocycles. The van der Waals surface area contributed by atoms with Gasteiger partial charge >= 0.3 is 0 Å².